The number of nitrogens with one attached hydrogen (secondary N) is 1. The van der Waals surface area contributed by atoms with E-state index in [2.05, 4.69) is 9.71 Å². The second-order valence-corrected chi connectivity index (χ2v) is 3.53. The number of methoxy groups -OCH3 is 1. The van der Waals surface area contributed by atoms with Gasteiger partial charge in [0, 0.05) is 6.07 Å². The number of anilines is 1. The Morgan fingerprint density at radius 3 is 2.62 bits per heavy atom. The highest BCUT2D eigenvalue weighted by molar-refractivity contribution is 7.90. The second kappa shape index (κ2) is 3.58. The first kappa shape index (κ1) is 9.75. The zero-order chi connectivity index (χ0) is 9.90. The normalized spacial score (nSPS) is 10.9. The van der Waals surface area contributed by atoms with Crippen molar-refractivity contribution in [3.05, 3.63) is 18.3 Å². The molecule has 7 heteroatoms. The molecular formula is C6H9N3O3S. The third-order valence-corrected chi connectivity index (χ3v) is 1.73. The van der Waals surface area contributed by atoms with Crippen LogP contribution in [0.5, 0.6) is 5.88 Å². The lowest BCUT2D eigenvalue weighted by molar-refractivity contribution is 0.398. The summed E-state index contributed by atoms with van der Waals surface area (Å²) in [5, 5.41) is 4.74. The molecule has 0 spiro atoms. The molecule has 0 saturated carbocycles. The van der Waals surface area contributed by atoms with Crippen LogP contribution < -0.4 is 14.6 Å². The molecule has 1 rings (SSSR count). The molecular weight excluding hydrogens is 194 g/mol. The fraction of sp³-hybridized carbons (Fsp3) is 0.167. The van der Waals surface area contributed by atoms with Crippen LogP contribution in [-0.4, -0.2) is 20.5 Å². The molecule has 0 saturated heterocycles. The van der Waals surface area contributed by atoms with Crippen molar-refractivity contribution < 1.29 is 13.2 Å². The summed E-state index contributed by atoms with van der Waals surface area (Å²) >= 11 is 0. The van der Waals surface area contributed by atoms with Crippen LogP contribution in [0, 0.1) is 0 Å². The number of hydrogen-bond donors (Lipinski definition) is 2. The van der Waals surface area contributed by atoms with Crippen molar-refractivity contribution in [3.63, 3.8) is 0 Å². The third-order valence-electron chi connectivity index (χ3n) is 1.21. The van der Waals surface area contributed by atoms with Gasteiger partial charge >= 0.3 is 0 Å². The Bertz CT molecular complexity index is 373. The Morgan fingerprint density at radius 1 is 1.54 bits per heavy atom. The molecule has 0 fully saturated rings. The van der Waals surface area contributed by atoms with Gasteiger partial charge in [0.05, 0.1) is 19.0 Å². The zero-order valence-corrected chi connectivity index (χ0v) is 7.71. The van der Waals surface area contributed by atoms with Gasteiger partial charge < -0.3 is 4.74 Å². The highest BCUT2D eigenvalue weighted by Gasteiger charge is 2.01. The van der Waals surface area contributed by atoms with Gasteiger partial charge in [0.25, 0.3) is 10.2 Å². The van der Waals surface area contributed by atoms with E-state index in [0.29, 0.717) is 11.6 Å². The van der Waals surface area contributed by atoms with Crippen LogP contribution in [0.15, 0.2) is 18.3 Å². The lowest BCUT2D eigenvalue weighted by Crippen LogP contribution is -2.21. The van der Waals surface area contributed by atoms with Crippen LogP contribution in [0.25, 0.3) is 0 Å². The number of rotatable bonds is 3. The molecule has 1 heterocycles. The minimum absolute atomic E-state index is 0.295. The molecule has 0 aliphatic rings. The summed E-state index contributed by atoms with van der Waals surface area (Å²) in [5.41, 5.74) is 0.295. The van der Waals surface area contributed by atoms with E-state index in [9.17, 15) is 8.42 Å². The number of nitrogens with zero attached hydrogens (tertiary/aromatic N) is 1. The first-order chi connectivity index (χ1) is 6.01. The molecule has 3 N–H and O–H groups in total. The standard InChI is InChI=1S/C6H9N3O3S/c1-12-6-3-2-5(4-8-6)9-13(7,10)11/h2-4,9H,1H3,(H2,7,10,11). The Hall–Kier alpha value is -1.34. The second-order valence-electron chi connectivity index (χ2n) is 2.24. The molecule has 1 aromatic heterocycles. The van der Waals surface area contributed by atoms with Crippen LogP contribution in [0.4, 0.5) is 5.69 Å². The van der Waals surface area contributed by atoms with E-state index in [4.69, 9.17) is 9.88 Å². The van der Waals surface area contributed by atoms with E-state index in [1.165, 1.54) is 25.4 Å². The number of pyridine rings is 1. The monoisotopic (exact) mass is 203 g/mol. The van der Waals surface area contributed by atoms with E-state index in [-0.39, 0.29) is 0 Å². The van der Waals surface area contributed by atoms with E-state index in [0.717, 1.165) is 0 Å². The smallest absolute Gasteiger partial charge is 0.296 e. The van der Waals surface area contributed by atoms with Gasteiger partial charge in [0.1, 0.15) is 0 Å². The van der Waals surface area contributed by atoms with Crippen molar-refractivity contribution in [3.8, 4) is 5.88 Å². The Labute approximate surface area is 75.9 Å². The van der Waals surface area contributed by atoms with Crippen molar-refractivity contribution in [2.24, 2.45) is 5.14 Å². The van der Waals surface area contributed by atoms with Gasteiger partial charge in [0.15, 0.2) is 0 Å². The van der Waals surface area contributed by atoms with Gasteiger partial charge in [-0.1, -0.05) is 0 Å². The number of hydrogen-bond acceptors (Lipinski definition) is 4. The minimum atomic E-state index is -3.73. The van der Waals surface area contributed by atoms with Gasteiger partial charge in [-0.3, -0.25) is 4.72 Å². The van der Waals surface area contributed by atoms with E-state index in [1.54, 1.807) is 0 Å². The fourth-order valence-corrected chi connectivity index (χ4v) is 1.17. The van der Waals surface area contributed by atoms with Gasteiger partial charge in [-0.2, -0.15) is 8.42 Å². The van der Waals surface area contributed by atoms with Crippen LogP contribution >= 0.6 is 0 Å². The van der Waals surface area contributed by atoms with E-state index < -0.39 is 10.2 Å². The van der Waals surface area contributed by atoms with Crippen molar-refractivity contribution in [1.82, 2.24) is 4.98 Å². The maximum absolute atomic E-state index is 10.6. The molecule has 13 heavy (non-hydrogen) atoms. The summed E-state index contributed by atoms with van der Waals surface area (Å²) in [7, 11) is -2.26. The Balaban J connectivity index is 2.81. The predicted octanol–water partition coefficient (Wildman–Crippen LogP) is -0.294. The molecule has 0 aliphatic heterocycles. The first-order valence-electron chi connectivity index (χ1n) is 3.32. The van der Waals surface area contributed by atoms with Crippen LogP contribution in [0.2, 0.25) is 0 Å². The minimum Gasteiger partial charge on any atom is -0.481 e. The van der Waals surface area contributed by atoms with E-state index >= 15 is 0 Å². The Morgan fingerprint density at radius 2 is 2.23 bits per heavy atom. The largest absolute Gasteiger partial charge is 0.481 e. The molecule has 0 atom stereocenters. The maximum atomic E-state index is 10.6. The first-order valence-corrected chi connectivity index (χ1v) is 4.86. The molecule has 0 radical (unpaired) electrons. The molecule has 0 bridgehead atoms. The van der Waals surface area contributed by atoms with Gasteiger partial charge in [-0.05, 0) is 6.07 Å². The number of ether oxygens (including phenoxy) is 1. The van der Waals surface area contributed by atoms with Gasteiger partial charge in [-0.25, -0.2) is 10.1 Å². The number of aromatic nitrogens is 1. The Kier molecular flexibility index (Phi) is 2.69. The van der Waals surface area contributed by atoms with Crippen molar-refractivity contribution in [2.45, 2.75) is 0 Å². The summed E-state index contributed by atoms with van der Waals surface area (Å²) in [5.74, 6) is 0.403. The average molecular weight is 203 g/mol. The molecule has 6 nitrogen and oxygen atoms in total. The molecule has 0 aliphatic carbocycles. The predicted molar refractivity (Wildman–Crippen MR) is 47.5 cm³/mol. The van der Waals surface area contributed by atoms with Crippen LogP contribution in [0.3, 0.4) is 0 Å². The average Bonchev–Trinajstić information content (AvgIpc) is 2.03. The lowest BCUT2D eigenvalue weighted by atomic mass is 10.4. The quantitative estimate of drug-likeness (QED) is 0.705. The van der Waals surface area contributed by atoms with Crippen molar-refractivity contribution >= 4 is 15.9 Å². The lowest BCUT2D eigenvalue weighted by Gasteiger charge is -2.03. The summed E-state index contributed by atoms with van der Waals surface area (Å²) in [6.45, 7) is 0. The summed E-state index contributed by atoms with van der Waals surface area (Å²) in [6.07, 6.45) is 1.31. The number of nitrogens with two attached hydrogens (primary N) is 1. The molecule has 72 valence electrons. The molecule has 0 amide bonds. The topological polar surface area (TPSA) is 94.3 Å². The zero-order valence-electron chi connectivity index (χ0n) is 6.89. The fourth-order valence-electron chi connectivity index (χ4n) is 0.726. The van der Waals surface area contributed by atoms with Crippen LogP contribution in [0.1, 0.15) is 0 Å². The maximum Gasteiger partial charge on any atom is 0.296 e. The highest BCUT2D eigenvalue weighted by Crippen LogP contribution is 2.10. The summed E-state index contributed by atoms with van der Waals surface area (Å²) < 4.78 is 28.0. The van der Waals surface area contributed by atoms with Gasteiger partial charge in [-0.15, -0.1) is 0 Å². The molecule has 1 aromatic rings. The molecule has 0 aromatic carbocycles. The van der Waals surface area contributed by atoms with Crippen molar-refractivity contribution in [1.29, 1.82) is 0 Å². The van der Waals surface area contributed by atoms with E-state index in [1.807, 2.05) is 0 Å². The summed E-state index contributed by atoms with van der Waals surface area (Å²) in [6, 6.07) is 3.02. The van der Waals surface area contributed by atoms with Crippen LogP contribution in [-0.2, 0) is 10.2 Å². The molecule has 0 unspecified atom stereocenters. The SMILES string of the molecule is COc1ccc(NS(N)(=O)=O)cn1. The van der Waals surface area contributed by atoms with Crippen molar-refractivity contribution in [2.75, 3.05) is 11.8 Å². The third kappa shape index (κ3) is 3.26. The highest BCUT2D eigenvalue weighted by atomic mass is 32.2. The van der Waals surface area contributed by atoms with Gasteiger partial charge in [0.2, 0.25) is 5.88 Å². The summed E-state index contributed by atoms with van der Waals surface area (Å²) in [4.78, 5) is 3.78.